The number of rotatable bonds is 3. The molecule has 1 saturated heterocycles. The molecule has 0 aromatic heterocycles. The van der Waals surface area contributed by atoms with Gasteiger partial charge in [0.25, 0.3) is 0 Å². The van der Waals surface area contributed by atoms with Crippen molar-refractivity contribution in [3.8, 4) is 0 Å². The molecule has 3 nitrogen and oxygen atoms in total. The van der Waals surface area contributed by atoms with E-state index in [9.17, 15) is 4.39 Å². The second-order valence-corrected chi connectivity index (χ2v) is 4.05. The van der Waals surface area contributed by atoms with Gasteiger partial charge in [-0.05, 0) is 31.2 Å². The van der Waals surface area contributed by atoms with Crippen molar-refractivity contribution in [2.24, 2.45) is 5.73 Å². The molecule has 2 rings (SSSR count). The van der Waals surface area contributed by atoms with Gasteiger partial charge in [-0.2, -0.15) is 0 Å². The molecule has 1 fully saturated rings. The van der Waals surface area contributed by atoms with Crippen LogP contribution >= 0.6 is 0 Å². The third-order valence-corrected chi connectivity index (χ3v) is 2.87. The van der Waals surface area contributed by atoms with Crippen molar-refractivity contribution < 1.29 is 4.39 Å². The Morgan fingerprint density at radius 1 is 1.53 bits per heavy atom. The molecule has 1 aromatic carbocycles. The van der Waals surface area contributed by atoms with E-state index in [1.807, 2.05) is 6.07 Å². The zero-order valence-corrected chi connectivity index (χ0v) is 8.59. The van der Waals surface area contributed by atoms with Crippen molar-refractivity contribution in [3.63, 3.8) is 0 Å². The molecule has 0 bridgehead atoms. The van der Waals surface area contributed by atoms with Crippen molar-refractivity contribution in [1.29, 1.82) is 0 Å². The van der Waals surface area contributed by atoms with Crippen LogP contribution in [0.25, 0.3) is 0 Å². The van der Waals surface area contributed by atoms with Gasteiger partial charge in [-0.3, -0.25) is 0 Å². The van der Waals surface area contributed by atoms with Crippen LogP contribution in [0.1, 0.15) is 6.42 Å². The molecule has 82 valence electrons. The first-order valence-electron chi connectivity index (χ1n) is 5.19. The normalized spacial score (nSPS) is 25.5. The van der Waals surface area contributed by atoms with Crippen LogP contribution in [0.5, 0.6) is 0 Å². The van der Waals surface area contributed by atoms with Crippen LogP contribution in [0.15, 0.2) is 24.3 Å². The molecule has 0 saturated carbocycles. The van der Waals surface area contributed by atoms with Gasteiger partial charge in [0, 0.05) is 18.8 Å². The monoisotopic (exact) mass is 209 g/mol. The minimum Gasteiger partial charge on any atom is -0.377 e. The lowest BCUT2D eigenvalue weighted by atomic mass is 9.98. The van der Waals surface area contributed by atoms with E-state index >= 15 is 0 Å². The summed E-state index contributed by atoms with van der Waals surface area (Å²) in [6.07, 6.45) is 0.972. The molecule has 0 radical (unpaired) electrons. The summed E-state index contributed by atoms with van der Waals surface area (Å²) in [5.41, 5.74) is 6.44. The quantitative estimate of drug-likeness (QED) is 0.694. The fourth-order valence-electron chi connectivity index (χ4n) is 1.95. The zero-order valence-electron chi connectivity index (χ0n) is 8.59. The maximum absolute atomic E-state index is 13.0. The number of nitrogens with one attached hydrogen (secondary N) is 2. The molecular weight excluding hydrogens is 193 g/mol. The Balaban J connectivity index is 2.12. The average molecular weight is 209 g/mol. The van der Waals surface area contributed by atoms with Gasteiger partial charge >= 0.3 is 0 Å². The van der Waals surface area contributed by atoms with Crippen LogP contribution in [0, 0.1) is 5.82 Å². The van der Waals surface area contributed by atoms with Gasteiger partial charge in [0.05, 0.1) is 5.54 Å². The van der Waals surface area contributed by atoms with Gasteiger partial charge in [-0.1, -0.05) is 6.07 Å². The predicted octanol–water partition coefficient (Wildman–Crippen LogP) is 0.928. The molecule has 1 aromatic rings. The van der Waals surface area contributed by atoms with Crippen molar-refractivity contribution in [2.75, 3.05) is 25.0 Å². The van der Waals surface area contributed by atoms with Crippen molar-refractivity contribution in [1.82, 2.24) is 5.32 Å². The number of halogens is 1. The first-order valence-corrected chi connectivity index (χ1v) is 5.19. The fraction of sp³-hybridized carbons (Fsp3) is 0.455. The van der Waals surface area contributed by atoms with Crippen LogP contribution in [0.4, 0.5) is 10.1 Å². The van der Waals surface area contributed by atoms with E-state index in [0.717, 1.165) is 25.2 Å². The van der Waals surface area contributed by atoms with E-state index in [0.29, 0.717) is 6.54 Å². The Hall–Kier alpha value is -1.13. The highest BCUT2D eigenvalue weighted by molar-refractivity contribution is 5.46. The van der Waals surface area contributed by atoms with Gasteiger partial charge in [0.2, 0.25) is 0 Å². The largest absolute Gasteiger partial charge is 0.377 e. The van der Waals surface area contributed by atoms with Gasteiger partial charge < -0.3 is 16.4 Å². The van der Waals surface area contributed by atoms with Gasteiger partial charge in [0.1, 0.15) is 5.82 Å². The van der Waals surface area contributed by atoms with E-state index in [4.69, 9.17) is 5.73 Å². The summed E-state index contributed by atoms with van der Waals surface area (Å²) < 4.78 is 13.0. The predicted molar refractivity (Wildman–Crippen MR) is 59.3 cm³/mol. The molecule has 1 aliphatic heterocycles. The molecule has 4 heteroatoms. The molecule has 0 spiro atoms. The maximum Gasteiger partial charge on any atom is 0.125 e. The Bertz CT molecular complexity index is 334. The Labute approximate surface area is 88.9 Å². The van der Waals surface area contributed by atoms with Crippen LogP contribution in [-0.4, -0.2) is 25.2 Å². The molecule has 1 heterocycles. The molecular formula is C11H16FN3. The second-order valence-electron chi connectivity index (χ2n) is 4.05. The number of nitrogens with two attached hydrogens (primary N) is 1. The molecule has 0 amide bonds. The molecule has 15 heavy (non-hydrogen) atoms. The summed E-state index contributed by atoms with van der Waals surface area (Å²) in [5.74, 6) is -0.224. The lowest BCUT2D eigenvalue weighted by Crippen LogP contribution is -2.47. The van der Waals surface area contributed by atoms with Crippen molar-refractivity contribution in [2.45, 2.75) is 12.0 Å². The highest BCUT2D eigenvalue weighted by atomic mass is 19.1. The fourth-order valence-corrected chi connectivity index (χ4v) is 1.95. The summed E-state index contributed by atoms with van der Waals surface area (Å²) in [6.45, 7) is 2.34. The summed E-state index contributed by atoms with van der Waals surface area (Å²) in [5, 5.41) is 6.58. The average Bonchev–Trinajstić information content (AvgIpc) is 2.67. The standard InChI is InChI=1S/C11H16FN3/c12-9-2-1-3-10(6-9)15-11(7-13)4-5-14-8-11/h1-3,6,14-15H,4-5,7-8,13H2. The third-order valence-electron chi connectivity index (χ3n) is 2.87. The van der Waals surface area contributed by atoms with Crippen molar-refractivity contribution >= 4 is 5.69 Å². The number of benzene rings is 1. The topological polar surface area (TPSA) is 50.1 Å². The van der Waals surface area contributed by atoms with Crippen LogP contribution in [0.3, 0.4) is 0 Å². The smallest absolute Gasteiger partial charge is 0.125 e. The Morgan fingerprint density at radius 3 is 3.00 bits per heavy atom. The highest BCUT2D eigenvalue weighted by Gasteiger charge is 2.31. The van der Waals surface area contributed by atoms with Gasteiger partial charge in [-0.25, -0.2) is 4.39 Å². The van der Waals surface area contributed by atoms with E-state index < -0.39 is 0 Å². The lowest BCUT2D eigenvalue weighted by Gasteiger charge is -2.29. The minimum absolute atomic E-state index is 0.117. The molecule has 1 atom stereocenters. The molecule has 0 aliphatic carbocycles. The summed E-state index contributed by atoms with van der Waals surface area (Å²) in [7, 11) is 0. The van der Waals surface area contributed by atoms with Crippen molar-refractivity contribution in [3.05, 3.63) is 30.1 Å². The lowest BCUT2D eigenvalue weighted by molar-refractivity contribution is 0.522. The minimum atomic E-state index is -0.224. The molecule has 1 unspecified atom stereocenters. The van der Waals surface area contributed by atoms with Gasteiger partial charge in [0.15, 0.2) is 0 Å². The van der Waals surface area contributed by atoms with E-state index in [-0.39, 0.29) is 11.4 Å². The number of hydrogen-bond donors (Lipinski definition) is 3. The van der Waals surface area contributed by atoms with E-state index in [1.54, 1.807) is 6.07 Å². The third kappa shape index (κ3) is 2.27. The summed E-state index contributed by atoms with van der Waals surface area (Å²) in [4.78, 5) is 0. The van der Waals surface area contributed by atoms with E-state index in [1.165, 1.54) is 12.1 Å². The summed E-state index contributed by atoms with van der Waals surface area (Å²) in [6, 6.07) is 6.49. The first kappa shape index (κ1) is 10.4. The van der Waals surface area contributed by atoms with E-state index in [2.05, 4.69) is 10.6 Å². The molecule has 4 N–H and O–H groups in total. The van der Waals surface area contributed by atoms with Crippen LogP contribution < -0.4 is 16.4 Å². The van der Waals surface area contributed by atoms with Gasteiger partial charge in [-0.15, -0.1) is 0 Å². The first-order chi connectivity index (χ1) is 7.24. The molecule has 1 aliphatic rings. The maximum atomic E-state index is 13.0. The van der Waals surface area contributed by atoms with Crippen LogP contribution in [-0.2, 0) is 0 Å². The Kier molecular flexibility index (Phi) is 2.88. The highest BCUT2D eigenvalue weighted by Crippen LogP contribution is 2.21. The number of hydrogen-bond acceptors (Lipinski definition) is 3. The SMILES string of the molecule is NCC1(Nc2cccc(F)c2)CCNC1. The van der Waals surface area contributed by atoms with Crippen LogP contribution in [0.2, 0.25) is 0 Å². The zero-order chi connectivity index (χ0) is 10.7. The number of anilines is 1. The second kappa shape index (κ2) is 4.16. The Morgan fingerprint density at radius 2 is 2.40 bits per heavy atom. The summed E-state index contributed by atoms with van der Waals surface area (Å²) >= 11 is 0.